The molecule has 0 fully saturated rings. The standard InChI is InChI=1S/C15H11Cl2F2NO/c1-8(9-2-4-10(18)5-3-9)20-15(21)11-6-14(19)13(17)7-12(11)16/h2-8H,1H3,(H,20,21). The number of halogens is 4. The van der Waals surface area contributed by atoms with Gasteiger partial charge in [-0.2, -0.15) is 0 Å². The SMILES string of the molecule is CC(NC(=O)c1cc(F)c(Cl)cc1Cl)c1ccc(F)cc1. The van der Waals surface area contributed by atoms with Gasteiger partial charge in [0.05, 0.1) is 21.7 Å². The summed E-state index contributed by atoms with van der Waals surface area (Å²) in [5.74, 6) is -1.62. The summed E-state index contributed by atoms with van der Waals surface area (Å²) in [7, 11) is 0. The summed E-state index contributed by atoms with van der Waals surface area (Å²) in [5, 5.41) is 2.57. The molecule has 2 aromatic carbocycles. The molecule has 0 spiro atoms. The minimum atomic E-state index is -0.722. The normalized spacial score (nSPS) is 12.0. The highest BCUT2D eigenvalue weighted by molar-refractivity contribution is 6.36. The van der Waals surface area contributed by atoms with Crippen LogP contribution in [0.1, 0.15) is 28.9 Å². The van der Waals surface area contributed by atoms with Crippen LogP contribution < -0.4 is 5.32 Å². The van der Waals surface area contributed by atoms with Gasteiger partial charge in [0.25, 0.3) is 5.91 Å². The van der Waals surface area contributed by atoms with Crippen molar-refractivity contribution in [3.8, 4) is 0 Å². The quantitative estimate of drug-likeness (QED) is 0.808. The Morgan fingerprint density at radius 3 is 2.33 bits per heavy atom. The fourth-order valence-corrected chi connectivity index (χ4v) is 2.27. The second-order valence-corrected chi connectivity index (χ2v) is 5.31. The predicted octanol–water partition coefficient (Wildman–Crippen LogP) is 4.76. The molecule has 0 aliphatic rings. The van der Waals surface area contributed by atoms with E-state index in [1.54, 1.807) is 19.1 Å². The molecular weight excluding hydrogens is 319 g/mol. The van der Waals surface area contributed by atoms with Gasteiger partial charge in [-0.3, -0.25) is 4.79 Å². The number of benzene rings is 2. The first-order chi connectivity index (χ1) is 9.88. The second-order valence-electron chi connectivity index (χ2n) is 4.49. The molecule has 1 unspecified atom stereocenters. The van der Waals surface area contributed by atoms with E-state index in [4.69, 9.17) is 23.2 Å². The molecule has 110 valence electrons. The number of carbonyl (C=O) groups is 1. The zero-order valence-corrected chi connectivity index (χ0v) is 12.5. The Hall–Kier alpha value is -1.65. The second kappa shape index (κ2) is 6.41. The van der Waals surface area contributed by atoms with Crippen LogP contribution in [0, 0.1) is 11.6 Å². The van der Waals surface area contributed by atoms with Crippen molar-refractivity contribution < 1.29 is 13.6 Å². The molecular formula is C15H11Cl2F2NO. The number of hydrogen-bond donors (Lipinski definition) is 1. The molecule has 21 heavy (non-hydrogen) atoms. The Morgan fingerprint density at radius 1 is 1.10 bits per heavy atom. The highest BCUT2D eigenvalue weighted by Gasteiger charge is 2.16. The lowest BCUT2D eigenvalue weighted by Gasteiger charge is -2.15. The fourth-order valence-electron chi connectivity index (χ4n) is 1.81. The van der Waals surface area contributed by atoms with E-state index in [0.717, 1.165) is 11.6 Å². The lowest BCUT2D eigenvalue weighted by atomic mass is 10.1. The Labute approximate surface area is 130 Å². The van der Waals surface area contributed by atoms with Crippen LogP contribution >= 0.6 is 23.2 Å². The molecule has 0 aliphatic carbocycles. The third kappa shape index (κ3) is 3.71. The van der Waals surface area contributed by atoms with E-state index >= 15 is 0 Å². The molecule has 2 rings (SSSR count). The largest absolute Gasteiger partial charge is 0.345 e. The predicted molar refractivity (Wildman–Crippen MR) is 78.7 cm³/mol. The molecule has 6 heteroatoms. The number of nitrogens with one attached hydrogen (secondary N) is 1. The van der Waals surface area contributed by atoms with Gasteiger partial charge in [0.2, 0.25) is 0 Å². The molecule has 2 nitrogen and oxygen atoms in total. The molecule has 1 N–H and O–H groups in total. The number of hydrogen-bond acceptors (Lipinski definition) is 1. The summed E-state index contributed by atoms with van der Waals surface area (Å²) in [4.78, 5) is 12.1. The smallest absolute Gasteiger partial charge is 0.253 e. The molecule has 2 aromatic rings. The lowest BCUT2D eigenvalue weighted by molar-refractivity contribution is 0.0939. The average molecular weight is 330 g/mol. The third-order valence-corrected chi connectivity index (χ3v) is 3.57. The topological polar surface area (TPSA) is 29.1 Å². The Kier molecular flexibility index (Phi) is 4.80. The van der Waals surface area contributed by atoms with Crippen LogP contribution in [0.15, 0.2) is 36.4 Å². The van der Waals surface area contributed by atoms with Gasteiger partial charge < -0.3 is 5.32 Å². The van der Waals surface area contributed by atoms with Crippen LogP contribution in [0.25, 0.3) is 0 Å². The van der Waals surface area contributed by atoms with Crippen molar-refractivity contribution in [3.05, 3.63) is 69.2 Å². The minimum absolute atomic E-state index is 0.00692. The van der Waals surface area contributed by atoms with Gasteiger partial charge in [-0.15, -0.1) is 0 Å². The number of amides is 1. The molecule has 1 atom stereocenters. The van der Waals surface area contributed by atoms with E-state index in [1.807, 2.05) is 0 Å². The highest BCUT2D eigenvalue weighted by atomic mass is 35.5. The van der Waals surface area contributed by atoms with E-state index in [-0.39, 0.29) is 27.5 Å². The molecule has 0 saturated heterocycles. The fraction of sp³-hybridized carbons (Fsp3) is 0.133. The molecule has 0 bridgehead atoms. The lowest BCUT2D eigenvalue weighted by Crippen LogP contribution is -2.27. The van der Waals surface area contributed by atoms with Gasteiger partial charge in [0, 0.05) is 0 Å². The van der Waals surface area contributed by atoms with Crippen molar-refractivity contribution in [3.63, 3.8) is 0 Å². The van der Waals surface area contributed by atoms with E-state index < -0.39 is 11.7 Å². The van der Waals surface area contributed by atoms with E-state index in [2.05, 4.69) is 5.32 Å². The summed E-state index contributed by atoms with van der Waals surface area (Å²) in [6, 6.07) is 7.50. The molecule has 0 saturated carbocycles. The Balaban J connectivity index is 2.18. The average Bonchev–Trinajstić information content (AvgIpc) is 2.43. The van der Waals surface area contributed by atoms with Crippen molar-refractivity contribution in [1.82, 2.24) is 5.32 Å². The first kappa shape index (κ1) is 15.7. The maximum Gasteiger partial charge on any atom is 0.253 e. The third-order valence-electron chi connectivity index (χ3n) is 2.97. The summed E-state index contributed by atoms with van der Waals surface area (Å²) >= 11 is 11.5. The van der Waals surface area contributed by atoms with Gasteiger partial charge in [-0.25, -0.2) is 8.78 Å². The Bertz CT molecular complexity index is 674. The maximum atomic E-state index is 13.4. The Morgan fingerprint density at radius 2 is 1.71 bits per heavy atom. The van der Waals surface area contributed by atoms with E-state index in [1.165, 1.54) is 18.2 Å². The summed E-state index contributed by atoms with van der Waals surface area (Å²) in [5.41, 5.74) is 0.711. The van der Waals surface area contributed by atoms with Crippen molar-refractivity contribution in [2.75, 3.05) is 0 Å². The van der Waals surface area contributed by atoms with E-state index in [0.29, 0.717) is 0 Å². The number of carbonyl (C=O) groups excluding carboxylic acids is 1. The molecule has 0 heterocycles. The van der Waals surface area contributed by atoms with Crippen LogP contribution in [0.3, 0.4) is 0 Å². The number of rotatable bonds is 3. The zero-order valence-electron chi connectivity index (χ0n) is 11.0. The molecule has 0 aromatic heterocycles. The minimum Gasteiger partial charge on any atom is -0.345 e. The van der Waals surface area contributed by atoms with Crippen LogP contribution in [0.4, 0.5) is 8.78 Å². The van der Waals surface area contributed by atoms with Crippen molar-refractivity contribution in [1.29, 1.82) is 0 Å². The van der Waals surface area contributed by atoms with Gasteiger partial charge >= 0.3 is 0 Å². The molecule has 0 aliphatic heterocycles. The van der Waals surface area contributed by atoms with Gasteiger partial charge in [0.1, 0.15) is 11.6 Å². The van der Waals surface area contributed by atoms with Crippen LogP contribution in [-0.4, -0.2) is 5.91 Å². The van der Waals surface area contributed by atoms with Crippen molar-refractivity contribution in [2.24, 2.45) is 0 Å². The van der Waals surface area contributed by atoms with Crippen LogP contribution in [0.2, 0.25) is 10.0 Å². The first-order valence-corrected chi connectivity index (χ1v) is 6.85. The van der Waals surface area contributed by atoms with Crippen molar-refractivity contribution >= 4 is 29.1 Å². The van der Waals surface area contributed by atoms with E-state index in [9.17, 15) is 13.6 Å². The molecule has 0 radical (unpaired) electrons. The zero-order chi connectivity index (χ0) is 15.6. The van der Waals surface area contributed by atoms with Gasteiger partial charge in [-0.1, -0.05) is 35.3 Å². The van der Waals surface area contributed by atoms with Crippen LogP contribution in [0.5, 0.6) is 0 Å². The highest BCUT2D eigenvalue weighted by Crippen LogP contribution is 2.25. The molecule has 1 amide bonds. The van der Waals surface area contributed by atoms with Gasteiger partial charge in [-0.05, 0) is 36.8 Å². The maximum absolute atomic E-state index is 13.4. The summed E-state index contributed by atoms with van der Waals surface area (Å²) < 4.78 is 26.3. The van der Waals surface area contributed by atoms with Crippen molar-refractivity contribution in [2.45, 2.75) is 13.0 Å². The summed E-state index contributed by atoms with van der Waals surface area (Å²) in [6.07, 6.45) is 0. The van der Waals surface area contributed by atoms with Gasteiger partial charge in [0.15, 0.2) is 0 Å². The summed E-state index contributed by atoms with van der Waals surface area (Å²) in [6.45, 7) is 1.73. The first-order valence-electron chi connectivity index (χ1n) is 6.09. The monoisotopic (exact) mass is 329 g/mol. The van der Waals surface area contributed by atoms with Crippen LogP contribution in [-0.2, 0) is 0 Å².